The number of phosphoric ester groups is 6. The lowest BCUT2D eigenvalue weighted by Crippen LogP contribution is -2.46. The summed E-state index contributed by atoms with van der Waals surface area (Å²) in [5, 5.41) is 60.9. The molecule has 0 saturated carbocycles. The van der Waals surface area contributed by atoms with E-state index in [1.165, 1.54) is 34.6 Å². The van der Waals surface area contributed by atoms with Gasteiger partial charge < -0.3 is 107 Å². The molecule has 49 nitrogen and oxygen atoms in total. The van der Waals surface area contributed by atoms with Gasteiger partial charge in [-0.3, -0.25) is 65.0 Å². The monoisotopic (exact) mass is 1660 g/mol. The number of thioether (sulfide) groups is 2. The lowest BCUT2D eigenvalue weighted by atomic mass is 9.87. The molecule has 0 radical (unpaired) electrons. The van der Waals surface area contributed by atoms with Gasteiger partial charge in [-0.05, 0) is 6.42 Å². The zero-order valence-corrected chi connectivity index (χ0v) is 62.7. The Balaban J connectivity index is 0.000000378. The number of anilines is 2. The average Bonchev–Trinajstić information content (AvgIpc) is 1.62. The maximum atomic E-state index is 12.6. The van der Waals surface area contributed by atoms with Crippen molar-refractivity contribution in [3.63, 3.8) is 0 Å². The molecule has 4 amide bonds. The first kappa shape index (κ1) is 90.7. The summed E-state index contributed by atoms with van der Waals surface area (Å²) < 4.78 is 124. The molecule has 14 atom stereocenters. The highest BCUT2D eigenvalue weighted by Gasteiger charge is 2.53. The maximum absolute atomic E-state index is 12.6. The lowest BCUT2D eigenvalue weighted by Gasteiger charge is -2.30. The number of hydrogen-bond donors (Lipinski definition) is 19. The number of aliphatic hydroxyl groups excluding tert-OH is 5. The number of imidazole rings is 2. The Morgan fingerprint density at radius 3 is 1.30 bits per heavy atom. The number of nitrogens with zero attached hydrogens (tertiary/aromatic N) is 8. The minimum atomic E-state index is -5.57. The number of aliphatic hydroxyl groups is 5. The number of nitrogens with two attached hydrogens (primary N) is 2. The number of aromatic nitrogens is 8. The highest BCUT2D eigenvalue weighted by atomic mass is 32.2. The van der Waals surface area contributed by atoms with Crippen molar-refractivity contribution in [1.29, 1.82) is 0 Å². The van der Waals surface area contributed by atoms with Crippen molar-refractivity contribution in [3.8, 4) is 0 Å². The van der Waals surface area contributed by atoms with Crippen LogP contribution in [0.5, 0.6) is 0 Å². The van der Waals surface area contributed by atoms with Crippen LogP contribution < -0.4 is 32.7 Å². The third-order valence-electron chi connectivity index (χ3n) is 14.1. The molecule has 2 saturated heterocycles. The van der Waals surface area contributed by atoms with Gasteiger partial charge in [-0.15, -0.1) is 0 Å². The Kier molecular flexibility index (Phi) is 33.8. The fourth-order valence-electron chi connectivity index (χ4n) is 8.92. The van der Waals surface area contributed by atoms with Gasteiger partial charge in [0.1, 0.15) is 72.5 Å². The van der Waals surface area contributed by atoms with Crippen molar-refractivity contribution in [2.75, 3.05) is 82.2 Å². The smallest absolute Gasteiger partial charge is 0.396 e. The van der Waals surface area contributed by atoms with E-state index in [0.29, 0.717) is 17.9 Å². The number of carbonyl (C=O) groups is 6. The molecule has 105 heavy (non-hydrogen) atoms. The van der Waals surface area contributed by atoms with Gasteiger partial charge in [-0.25, -0.2) is 57.3 Å². The van der Waals surface area contributed by atoms with Crippen molar-refractivity contribution in [1.82, 2.24) is 60.3 Å². The molecule has 2 aliphatic rings. The highest BCUT2D eigenvalue weighted by Crippen LogP contribution is 2.63. The number of nitrogens with one attached hydrogen (secondary N) is 4. The number of hydrogen-bond acceptors (Lipinski definition) is 37. The van der Waals surface area contributed by atoms with Gasteiger partial charge in [0.05, 0.1) is 39.1 Å². The van der Waals surface area contributed by atoms with E-state index in [1.54, 1.807) is 0 Å². The van der Waals surface area contributed by atoms with E-state index in [-0.39, 0.29) is 96.2 Å². The second-order valence-electron chi connectivity index (χ2n) is 23.5. The molecule has 4 aromatic rings. The van der Waals surface area contributed by atoms with Crippen molar-refractivity contribution in [2.24, 2.45) is 10.8 Å². The van der Waals surface area contributed by atoms with Crippen LogP contribution in [-0.4, -0.2) is 257 Å². The largest absolute Gasteiger partial charge is 0.481 e. The van der Waals surface area contributed by atoms with Crippen LogP contribution in [0, 0.1) is 10.8 Å². The van der Waals surface area contributed by atoms with Crippen molar-refractivity contribution < 1.29 is 166 Å². The molecule has 0 aliphatic carbocycles. The van der Waals surface area contributed by atoms with Gasteiger partial charge in [0.2, 0.25) is 23.6 Å². The van der Waals surface area contributed by atoms with Crippen LogP contribution in [0.25, 0.3) is 22.3 Å². The first-order valence-electron chi connectivity index (χ1n) is 30.3. The van der Waals surface area contributed by atoms with E-state index in [1.807, 2.05) is 0 Å². The summed E-state index contributed by atoms with van der Waals surface area (Å²) in [4.78, 5) is 173. The van der Waals surface area contributed by atoms with Gasteiger partial charge in [-0.1, -0.05) is 51.2 Å². The normalized spacial score (nSPS) is 22.3. The predicted molar refractivity (Wildman–Crippen MR) is 356 cm³/mol. The van der Waals surface area contributed by atoms with Crippen LogP contribution >= 0.6 is 70.5 Å². The summed E-state index contributed by atoms with van der Waals surface area (Å²) in [5.41, 5.74) is 8.50. The molecule has 0 bridgehead atoms. The fraction of sp³-hybridized carbons (Fsp3) is 0.667. The molecule has 2 fully saturated rings. The molecule has 0 aromatic carbocycles. The van der Waals surface area contributed by atoms with Gasteiger partial charge in [0.25, 0.3) is 0 Å². The van der Waals surface area contributed by atoms with E-state index >= 15 is 0 Å². The molecule has 4 unspecified atom stereocenters. The topological polar surface area (TPSA) is 747 Å². The van der Waals surface area contributed by atoms with Gasteiger partial charge in [0.15, 0.2) is 45.6 Å². The standard InChI is InChI=1S/C25H42N7O18P3S.C23H38N7O17P3S/c1-25(2,20(37)23(38)28-6-5-15(34)27-7-9-54-16(35)4-3-8-33)11-47-53(44,45)50-52(42,43)46-10-14-19(49-51(39,40)41)18(36)24(48-14)32-13-31-17-21(26)29-12-30-22(17)32;1-12(31)51-7-6-25-14(32)4-5-26-21(35)18(34)23(2,3)9-44-50(41,42)47-49(39,40)43-8-13-17(46-48(36,37)38)16(33)22(45-13)30-11-29-15-19(24)27-10-28-20(15)30/h12-14,18-20,24,33,36-37H,3-11H2,1-2H3,(H,27,34)(H,28,38)(H,42,43)(H,44,45)(H2,26,29,30)(H2,39,40,41);10-11,13,16-18,22,33-34H,4-9H2,1-3H3,(H,25,32)(H,26,35)(H,39,40)(H,41,42)(H2,24,27,28)(H2,36,37,38)/t14-,18-,19-,20+,24-;13-,16-,17-,18+,22-/m11/s1. The number of rotatable bonds is 41. The summed E-state index contributed by atoms with van der Waals surface area (Å²) in [5.74, 6) is -2.28. The fourth-order valence-corrected chi connectivity index (χ4v) is 15.8. The summed E-state index contributed by atoms with van der Waals surface area (Å²) in [7, 11) is -32.8. The molecule has 6 rings (SSSR count). The molecule has 4 aromatic heterocycles. The Morgan fingerprint density at radius 2 is 0.933 bits per heavy atom. The van der Waals surface area contributed by atoms with Crippen molar-refractivity contribution >= 4 is 138 Å². The third kappa shape index (κ3) is 29.1. The highest BCUT2D eigenvalue weighted by molar-refractivity contribution is 8.13. The summed E-state index contributed by atoms with van der Waals surface area (Å²) >= 11 is 2.02. The Hall–Kier alpha value is -4.92. The first-order chi connectivity index (χ1) is 48.6. The molecular formula is C48H80N14O35P6S2. The van der Waals surface area contributed by atoms with Crippen molar-refractivity contribution in [3.05, 3.63) is 25.3 Å². The molecule has 57 heteroatoms. The zero-order chi connectivity index (χ0) is 78.8. The van der Waals surface area contributed by atoms with Crippen LogP contribution in [0.3, 0.4) is 0 Å². The number of ether oxygens (including phenoxy) is 2. The molecule has 6 heterocycles. The van der Waals surface area contributed by atoms with Crippen LogP contribution in [0.4, 0.5) is 11.6 Å². The quantitative estimate of drug-likeness (QED) is 0.0157. The zero-order valence-electron chi connectivity index (χ0n) is 55.7. The Labute approximate surface area is 602 Å². The van der Waals surface area contributed by atoms with Crippen LogP contribution in [0.2, 0.25) is 0 Å². The van der Waals surface area contributed by atoms with Gasteiger partial charge in [0, 0.05) is 81.3 Å². The van der Waals surface area contributed by atoms with Crippen LogP contribution in [-0.2, 0) is 101 Å². The molecule has 594 valence electrons. The average molecular weight is 1660 g/mol. The first-order valence-corrected chi connectivity index (χ1v) is 41.3. The minimum Gasteiger partial charge on any atom is -0.396 e. The lowest BCUT2D eigenvalue weighted by molar-refractivity contribution is -0.137. The molecular weight excluding hydrogens is 1580 g/mol. The van der Waals surface area contributed by atoms with E-state index in [4.69, 9.17) is 44.1 Å². The predicted octanol–water partition coefficient (Wildman–Crippen LogP) is -2.88. The van der Waals surface area contributed by atoms with E-state index < -0.39 is 169 Å². The minimum absolute atomic E-state index is 0.0267. The van der Waals surface area contributed by atoms with Gasteiger partial charge in [-0.2, -0.15) is 8.62 Å². The van der Waals surface area contributed by atoms with Gasteiger partial charge >= 0.3 is 46.9 Å². The van der Waals surface area contributed by atoms with E-state index in [9.17, 15) is 116 Å². The second-order valence-corrected chi connectivity index (χ2v) is 34.4. The molecule has 21 N–H and O–H groups in total. The summed E-state index contributed by atoms with van der Waals surface area (Å²) in [6.45, 7) is 2.20. The maximum Gasteiger partial charge on any atom is 0.481 e. The molecule has 2 aliphatic heterocycles. The summed E-state index contributed by atoms with van der Waals surface area (Å²) in [6.07, 6.45) is -13.3. The van der Waals surface area contributed by atoms with Crippen LogP contribution in [0.1, 0.15) is 72.8 Å². The van der Waals surface area contributed by atoms with E-state index in [2.05, 4.69) is 68.8 Å². The van der Waals surface area contributed by atoms with Crippen LogP contribution in [0.15, 0.2) is 25.3 Å². The number of fused-ring (bicyclic) bond motifs is 2. The number of amides is 4. The Bertz CT molecular complexity index is 3970. The number of carbonyl (C=O) groups excluding carboxylic acids is 6. The Morgan fingerprint density at radius 1 is 0.562 bits per heavy atom. The SMILES string of the molecule is CC(=O)SCCNC(=O)CCNC(=O)[C@H](O)C(C)(C)COP(=O)(O)OP(=O)(O)OC[C@H]1O[C@@H](n2cnc3c(N)ncnc32)[C@H](O)[C@@H]1OP(=O)(O)O.CC(C)(COP(=O)(O)OP(=O)(O)OC[C@H]1O[C@@H](n2cnc3c(N)ncnc32)[C@H](O)[C@@H]1OP(=O)(O)O)[C@@H](O)C(=O)NCCC(=O)NCCSC(=O)CCCO. The number of nitrogen functional groups attached to an aromatic ring is 2. The second kappa shape index (κ2) is 39.1. The summed E-state index contributed by atoms with van der Waals surface area (Å²) in [6, 6.07) is 0. The van der Waals surface area contributed by atoms with Crippen molar-refractivity contribution in [2.45, 2.75) is 122 Å². The number of phosphoric acid groups is 6. The molecule has 0 spiro atoms. The van der Waals surface area contributed by atoms with E-state index in [0.717, 1.165) is 58.0 Å². The third-order valence-corrected chi connectivity index (χ3v) is 22.1.